The number of halogens is 2. The van der Waals surface area contributed by atoms with Crippen molar-refractivity contribution in [3.8, 4) is 0 Å². The number of aromatic nitrogens is 2. The van der Waals surface area contributed by atoms with E-state index in [2.05, 4.69) is 15.5 Å². The summed E-state index contributed by atoms with van der Waals surface area (Å²) >= 11 is 7.16. The van der Waals surface area contributed by atoms with E-state index in [-0.39, 0.29) is 17.6 Å². The molecule has 0 saturated carbocycles. The molecule has 1 rings (SSSR count). The maximum Gasteiger partial charge on any atom is 0.270 e. The minimum absolute atomic E-state index is 0.223. The number of nitrogens with zero attached hydrogens (tertiary/aromatic N) is 1. The number of nitrogens with one attached hydrogen (secondary N) is 2. The van der Waals surface area contributed by atoms with Crippen molar-refractivity contribution in [1.29, 1.82) is 0 Å². The third kappa shape index (κ3) is 4.17. The highest BCUT2D eigenvalue weighted by Gasteiger charge is 2.10. The van der Waals surface area contributed by atoms with Gasteiger partial charge in [-0.2, -0.15) is 5.10 Å². The number of H-pyrrole nitrogens is 1. The minimum Gasteiger partial charge on any atom is -0.351 e. The van der Waals surface area contributed by atoms with Crippen molar-refractivity contribution in [2.45, 2.75) is 12.8 Å². The fourth-order valence-electron chi connectivity index (χ4n) is 0.948. The van der Waals surface area contributed by atoms with Crippen molar-refractivity contribution >= 4 is 45.3 Å². The topological polar surface area (TPSA) is 74.8 Å². The number of hydrogen-bond acceptors (Lipinski definition) is 3. The summed E-state index contributed by atoms with van der Waals surface area (Å²) in [6, 6.07) is 0. The molecule has 0 atom stereocenters. The lowest BCUT2D eigenvalue weighted by Crippen LogP contribution is -2.25. The van der Waals surface area contributed by atoms with E-state index < -0.39 is 0 Å². The van der Waals surface area contributed by atoms with Crippen molar-refractivity contribution in [2.75, 3.05) is 6.54 Å². The van der Waals surface area contributed by atoms with Crippen molar-refractivity contribution in [2.24, 2.45) is 0 Å². The van der Waals surface area contributed by atoms with Crippen molar-refractivity contribution in [3.05, 3.63) is 15.5 Å². The average molecular weight is 342 g/mol. The molecule has 2 N–H and O–H groups in total. The molecule has 0 spiro atoms. The van der Waals surface area contributed by atoms with Gasteiger partial charge in [0.15, 0.2) is 0 Å². The van der Waals surface area contributed by atoms with Gasteiger partial charge in [-0.05, 0) is 40.6 Å². The van der Waals surface area contributed by atoms with Crippen LogP contribution in [-0.2, 0) is 4.79 Å². The maximum absolute atomic E-state index is 11.5. The highest BCUT2D eigenvalue weighted by Crippen LogP contribution is 2.07. The molecule has 5 nitrogen and oxygen atoms in total. The highest BCUT2D eigenvalue weighted by molar-refractivity contribution is 14.1. The molecule has 0 fully saturated rings. The van der Waals surface area contributed by atoms with Gasteiger partial charge in [-0.25, -0.2) is 0 Å². The van der Waals surface area contributed by atoms with E-state index in [4.69, 9.17) is 11.6 Å². The second-order valence-electron chi connectivity index (χ2n) is 2.81. The van der Waals surface area contributed by atoms with Crippen molar-refractivity contribution in [3.63, 3.8) is 0 Å². The van der Waals surface area contributed by atoms with Gasteiger partial charge in [0.25, 0.3) is 5.91 Å². The Bertz CT molecular complexity index is 367. The predicted molar refractivity (Wildman–Crippen MR) is 63.7 cm³/mol. The number of aromatic amines is 1. The second-order valence-corrected chi connectivity index (χ2v) is 4.39. The van der Waals surface area contributed by atoms with Gasteiger partial charge >= 0.3 is 0 Å². The first kappa shape index (κ1) is 12.4. The molecule has 0 aromatic carbocycles. The smallest absolute Gasteiger partial charge is 0.270 e. The summed E-state index contributed by atoms with van der Waals surface area (Å²) in [4.78, 5) is 21.9. The largest absolute Gasteiger partial charge is 0.351 e. The standard InChI is InChI=1S/C8H9ClIN3O2/c9-6(14)2-1-3-11-8(15)7-5(10)4-12-13-7/h4H,1-3H2,(H,11,15)(H,12,13). The van der Waals surface area contributed by atoms with E-state index in [1.165, 1.54) is 0 Å². The predicted octanol–water partition coefficient (Wildman–Crippen LogP) is 1.29. The minimum atomic E-state index is -0.389. The maximum atomic E-state index is 11.5. The Balaban J connectivity index is 2.31. The molecular weight excluding hydrogens is 332 g/mol. The van der Waals surface area contributed by atoms with Crippen LogP contribution in [0.1, 0.15) is 23.3 Å². The molecule has 0 radical (unpaired) electrons. The third-order valence-electron chi connectivity index (χ3n) is 1.66. The van der Waals surface area contributed by atoms with Gasteiger partial charge in [0.05, 0.1) is 9.77 Å². The van der Waals surface area contributed by atoms with Crippen LogP contribution in [0.25, 0.3) is 0 Å². The average Bonchev–Trinajstić information content (AvgIpc) is 2.58. The van der Waals surface area contributed by atoms with Crippen molar-refractivity contribution < 1.29 is 9.59 Å². The normalized spacial score (nSPS) is 10.0. The van der Waals surface area contributed by atoms with Gasteiger partial charge < -0.3 is 5.32 Å². The molecule has 0 unspecified atom stereocenters. The molecule has 1 aromatic rings. The van der Waals surface area contributed by atoms with Crippen LogP contribution in [0, 0.1) is 3.57 Å². The van der Waals surface area contributed by atoms with Gasteiger partial charge in [0.2, 0.25) is 5.24 Å². The summed E-state index contributed by atoms with van der Waals surface area (Å²) in [6.45, 7) is 0.423. The van der Waals surface area contributed by atoms with Crippen LogP contribution >= 0.6 is 34.2 Å². The number of carbonyl (C=O) groups excluding carboxylic acids is 2. The highest BCUT2D eigenvalue weighted by atomic mass is 127. The Hall–Kier alpha value is -0.630. The number of amides is 1. The Morgan fingerprint density at radius 3 is 2.87 bits per heavy atom. The molecular formula is C8H9ClIN3O2. The first-order valence-corrected chi connectivity index (χ1v) is 5.72. The lowest BCUT2D eigenvalue weighted by atomic mass is 10.3. The molecule has 0 aliphatic rings. The summed E-state index contributed by atoms with van der Waals surface area (Å²) < 4.78 is 0.763. The van der Waals surface area contributed by atoms with Crippen LogP contribution in [0.2, 0.25) is 0 Å². The fourth-order valence-corrected chi connectivity index (χ4v) is 1.59. The molecule has 82 valence electrons. The first-order chi connectivity index (χ1) is 7.11. The quantitative estimate of drug-likeness (QED) is 0.481. The molecule has 0 saturated heterocycles. The van der Waals surface area contributed by atoms with Crippen LogP contribution in [0.5, 0.6) is 0 Å². The van der Waals surface area contributed by atoms with Gasteiger partial charge in [-0.3, -0.25) is 14.7 Å². The molecule has 0 aliphatic heterocycles. The number of carbonyl (C=O) groups is 2. The summed E-state index contributed by atoms with van der Waals surface area (Å²) in [5.41, 5.74) is 0.438. The molecule has 1 heterocycles. The zero-order valence-electron chi connectivity index (χ0n) is 7.72. The zero-order valence-corrected chi connectivity index (χ0v) is 10.6. The number of rotatable bonds is 5. The van der Waals surface area contributed by atoms with E-state index in [1.54, 1.807) is 6.20 Å². The van der Waals surface area contributed by atoms with Crippen molar-refractivity contribution in [1.82, 2.24) is 15.5 Å². The summed E-state index contributed by atoms with van der Waals surface area (Å²) in [5, 5.41) is 8.59. The number of hydrogen-bond donors (Lipinski definition) is 2. The van der Waals surface area contributed by atoms with Gasteiger partial charge in [-0.1, -0.05) is 0 Å². The molecule has 0 bridgehead atoms. The van der Waals surface area contributed by atoms with Crippen LogP contribution in [0.4, 0.5) is 0 Å². The summed E-state index contributed by atoms with van der Waals surface area (Å²) in [5.74, 6) is -0.223. The molecule has 0 aliphatic carbocycles. The Morgan fingerprint density at radius 2 is 2.33 bits per heavy atom. The van der Waals surface area contributed by atoms with Crippen LogP contribution < -0.4 is 5.32 Å². The first-order valence-electron chi connectivity index (χ1n) is 4.26. The van der Waals surface area contributed by atoms with E-state index in [0.717, 1.165) is 3.57 Å². The monoisotopic (exact) mass is 341 g/mol. The summed E-state index contributed by atoms with van der Waals surface area (Å²) in [6.07, 6.45) is 2.37. The van der Waals surface area contributed by atoms with Crippen LogP contribution in [0.3, 0.4) is 0 Å². The van der Waals surface area contributed by atoms with E-state index >= 15 is 0 Å². The molecule has 1 aromatic heterocycles. The van der Waals surface area contributed by atoms with E-state index in [0.29, 0.717) is 18.7 Å². The fraction of sp³-hybridized carbons (Fsp3) is 0.375. The van der Waals surface area contributed by atoms with E-state index in [9.17, 15) is 9.59 Å². The lowest BCUT2D eigenvalue weighted by Gasteiger charge is -2.01. The Labute approximate surface area is 105 Å². The van der Waals surface area contributed by atoms with E-state index in [1.807, 2.05) is 22.6 Å². The Morgan fingerprint density at radius 1 is 1.60 bits per heavy atom. The lowest BCUT2D eigenvalue weighted by molar-refractivity contribution is -0.111. The zero-order chi connectivity index (χ0) is 11.3. The van der Waals surface area contributed by atoms with Gasteiger partial charge in [-0.15, -0.1) is 0 Å². The molecule has 15 heavy (non-hydrogen) atoms. The molecule has 1 amide bonds. The van der Waals surface area contributed by atoms with Crippen LogP contribution in [0.15, 0.2) is 6.20 Å². The van der Waals surface area contributed by atoms with Gasteiger partial charge in [0.1, 0.15) is 5.69 Å². The summed E-state index contributed by atoms with van der Waals surface area (Å²) in [7, 11) is 0. The second kappa shape index (κ2) is 6.06. The molecule has 7 heteroatoms. The third-order valence-corrected chi connectivity index (χ3v) is 2.66. The SMILES string of the molecule is O=C(Cl)CCCNC(=O)c1[nH]ncc1I. The Kier molecular flexibility index (Phi) is 5.03. The van der Waals surface area contributed by atoms with Gasteiger partial charge in [0, 0.05) is 13.0 Å². The van der Waals surface area contributed by atoms with Crippen LogP contribution in [-0.4, -0.2) is 27.9 Å².